The Morgan fingerprint density at radius 1 is 0.778 bits per heavy atom. The van der Waals surface area contributed by atoms with Gasteiger partial charge in [-0.3, -0.25) is 13.9 Å². The maximum absolute atomic E-state index is 14.6. The predicted molar refractivity (Wildman–Crippen MR) is 180 cm³/mol. The van der Waals surface area contributed by atoms with E-state index in [9.17, 15) is 18.0 Å². The van der Waals surface area contributed by atoms with Crippen molar-refractivity contribution in [1.29, 1.82) is 0 Å². The number of sulfonamides is 1. The molecule has 0 saturated heterocycles. The van der Waals surface area contributed by atoms with Crippen molar-refractivity contribution in [2.75, 3.05) is 10.8 Å². The third kappa shape index (κ3) is 9.05. The summed E-state index contributed by atoms with van der Waals surface area (Å²) in [6.45, 7) is 9.32. The van der Waals surface area contributed by atoms with Gasteiger partial charge < -0.3 is 10.2 Å². The fourth-order valence-corrected chi connectivity index (χ4v) is 6.60. The fourth-order valence-electron chi connectivity index (χ4n) is 5.16. The van der Waals surface area contributed by atoms with Crippen LogP contribution in [-0.2, 0) is 39.0 Å². The SMILES string of the molecule is CCc1ccc(N(CC(=O)N(Cc2cccc(C)c2)[C@@H](Cc2ccccc2)C(=O)NC(C)(C)C)S(=O)(=O)c2ccccc2)cc1. The number of rotatable bonds is 12. The number of benzene rings is 4. The van der Waals surface area contributed by atoms with Crippen LogP contribution in [0.3, 0.4) is 0 Å². The maximum atomic E-state index is 14.6. The number of nitrogens with one attached hydrogen (secondary N) is 1. The van der Waals surface area contributed by atoms with Gasteiger partial charge in [-0.2, -0.15) is 0 Å². The van der Waals surface area contributed by atoms with Crippen LogP contribution in [-0.4, -0.2) is 43.3 Å². The summed E-state index contributed by atoms with van der Waals surface area (Å²) < 4.78 is 29.4. The molecule has 7 nitrogen and oxygen atoms in total. The number of anilines is 1. The average Bonchev–Trinajstić information content (AvgIpc) is 3.01. The molecule has 4 aromatic rings. The molecule has 1 N–H and O–H groups in total. The molecule has 4 rings (SSSR count). The Morgan fingerprint density at radius 2 is 1.38 bits per heavy atom. The number of amides is 2. The highest BCUT2D eigenvalue weighted by Crippen LogP contribution is 2.26. The highest BCUT2D eigenvalue weighted by atomic mass is 32.2. The van der Waals surface area contributed by atoms with Crippen molar-refractivity contribution < 1.29 is 18.0 Å². The molecule has 0 saturated carbocycles. The molecule has 0 unspecified atom stereocenters. The number of aryl methyl sites for hydroxylation is 2. The van der Waals surface area contributed by atoms with E-state index in [4.69, 9.17) is 0 Å². The van der Waals surface area contributed by atoms with E-state index in [1.54, 1.807) is 30.3 Å². The van der Waals surface area contributed by atoms with E-state index < -0.39 is 34.1 Å². The van der Waals surface area contributed by atoms with Gasteiger partial charge >= 0.3 is 0 Å². The summed E-state index contributed by atoms with van der Waals surface area (Å²) in [6.07, 6.45) is 1.05. The van der Waals surface area contributed by atoms with Crippen LogP contribution in [0.5, 0.6) is 0 Å². The van der Waals surface area contributed by atoms with Gasteiger partial charge in [-0.05, 0) is 75.1 Å². The van der Waals surface area contributed by atoms with E-state index >= 15 is 0 Å². The van der Waals surface area contributed by atoms with E-state index in [0.717, 1.165) is 33.0 Å². The first kappa shape index (κ1) is 33.5. The molecule has 0 aliphatic rings. The summed E-state index contributed by atoms with van der Waals surface area (Å²) in [5.74, 6) is -0.794. The monoisotopic (exact) mass is 625 g/mol. The lowest BCUT2D eigenvalue weighted by molar-refractivity contribution is -0.140. The molecule has 1 atom stereocenters. The molecule has 0 heterocycles. The Bertz CT molecular complexity index is 1680. The smallest absolute Gasteiger partial charge is 0.264 e. The van der Waals surface area contributed by atoms with Crippen LogP contribution < -0.4 is 9.62 Å². The number of hydrogen-bond donors (Lipinski definition) is 1. The summed E-state index contributed by atoms with van der Waals surface area (Å²) in [7, 11) is -4.13. The molecule has 0 fully saturated rings. The summed E-state index contributed by atoms with van der Waals surface area (Å²) in [5, 5.41) is 3.06. The van der Waals surface area contributed by atoms with Crippen LogP contribution in [0, 0.1) is 6.92 Å². The van der Waals surface area contributed by atoms with E-state index in [2.05, 4.69) is 5.32 Å². The lowest BCUT2D eigenvalue weighted by atomic mass is 10.0. The number of carbonyl (C=O) groups excluding carboxylic acids is 2. The van der Waals surface area contributed by atoms with Crippen LogP contribution in [0.2, 0.25) is 0 Å². The Balaban J connectivity index is 1.81. The second-order valence-corrected chi connectivity index (χ2v) is 14.2. The molecule has 8 heteroatoms. The third-order valence-corrected chi connectivity index (χ3v) is 9.24. The molecule has 0 aromatic heterocycles. The summed E-state index contributed by atoms with van der Waals surface area (Å²) in [6, 6.07) is 31.7. The van der Waals surface area contributed by atoms with Gasteiger partial charge in [0.1, 0.15) is 12.6 Å². The molecular weight excluding hydrogens is 582 g/mol. The molecule has 0 bridgehead atoms. The third-order valence-electron chi connectivity index (χ3n) is 7.45. The Labute approximate surface area is 268 Å². The normalized spacial score (nSPS) is 12.3. The predicted octanol–water partition coefficient (Wildman–Crippen LogP) is 6.31. The van der Waals surface area contributed by atoms with Crippen LogP contribution in [0.1, 0.15) is 49.9 Å². The first-order chi connectivity index (χ1) is 21.4. The van der Waals surface area contributed by atoms with Gasteiger partial charge in [0.2, 0.25) is 11.8 Å². The molecular formula is C37H43N3O4S. The van der Waals surface area contributed by atoms with Crippen LogP contribution in [0.25, 0.3) is 0 Å². The van der Waals surface area contributed by atoms with Gasteiger partial charge in [-0.1, -0.05) is 97.4 Å². The quantitative estimate of drug-likeness (QED) is 0.200. The second kappa shape index (κ2) is 14.6. The zero-order valence-electron chi connectivity index (χ0n) is 26.7. The second-order valence-electron chi connectivity index (χ2n) is 12.3. The van der Waals surface area contributed by atoms with Gasteiger partial charge in [0.15, 0.2) is 0 Å². The van der Waals surface area contributed by atoms with Crippen LogP contribution >= 0.6 is 0 Å². The molecule has 0 aliphatic heterocycles. The summed E-state index contributed by atoms with van der Waals surface area (Å²) >= 11 is 0. The largest absolute Gasteiger partial charge is 0.350 e. The Kier molecular flexibility index (Phi) is 10.8. The number of nitrogens with zero attached hydrogens (tertiary/aromatic N) is 2. The van der Waals surface area contributed by atoms with E-state index in [0.29, 0.717) is 5.69 Å². The van der Waals surface area contributed by atoms with Crippen molar-refractivity contribution >= 4 is 27.5 Å². The van der Waals surface area contributed by atoms with Crippen molar-refractivity contribution in [2.45, 2.75) is 70.5 Å². The fraction of sp³-hybridized carbons (Fsp3) is 0.297. The van der Waals surface area contributed by atoms with Crippen molar-refractivity contribution in [3.8, 4) is 0 Å². The van der Waals surface area contributed by atoms with Gasteiger partial charge in [0, 0.05) is 18.5 Å². The first-order valence-electron chi connectivity index (χ1n) is 15.2. The van der Waals surface area contributed by atoms with Gasteiger partial charge in [0.05, 0.1) is 10.6 Å². The summed E-state index contributed by atoms with van der Waals surface area (Å²) in [4.78, 5) is 30.1. The van der Waals surface area contributed by atoms with Crippen LogP contribution in [0.15, 0.2) is 114 Å². The Hall–Kier alpha value is -4.43. The van der Waals surface area contributed by atoms with Gasteiger partial charge in [-0.25, -0.2) is 8.42 Å². The van der Waals surface area contributed by atoms with E-state index in [1.807, 2.05) is 101 Å². The zero-order valence-corrected chi connectivity index (χ0v) is 27.6. The molecule has 4 aromatic carbocycles. The zero-order chi connectivity index (χ0) is 32.6. The summed E-state index contributed by atoms with van der Waals surface area (Å²) in [5.41, 5.74) is 3.62. The highest BCUT2D eigenvalue weighted by molar-refractivity contribution is 7.92. The topological polar surface area (TPSA) is 86.8 Å². The number of hydrogen-bond acceptors (Lipinski definition) is 4. The first-order valence-corrected chi connectivity index (χ1v) is 16.7. The molecule has 45 heavy (non-hydrogen) atoms. The molecule has 2 amide bonds. The van der Waals surface area contributed by atoms with Crippen molar-refractivity contribution in [3.63, 3.8) is 0 Å². The minimum atomic E-state index is -4.13. The van der Waals surface area contributed by atoms with Crippen LogP contribution in [0.4, 0.5) is 5.69 Å². The van der Waals surface area contributed by atoms with Crippen molar-refractivity contribution in [2.24, 2.45) is 0 Å². The van der Waals surface area contributed by atoms with E-state index in [1.165, 1.54) is 17.0 Å². The van der Waals surface area contributed by atoms with Crippen molar-refractivity contribution in [1.82, 2.24) is 10.2 Å². The molecule has 0 spiro atoms. The molecule has 0 radical (unpaired) electrons. The van der Waals surface area contributed by atoms with Gasteiger partial charge in [0.25, 0.3) is 10.0 Å². The molecule has 236 valence electrons. The maximum Gasteiger partial charge on any atom is 0.264 e. The molecule has 0 aliphatic carbocycles. The standard InChI is InChI=1S/C37H43N3O4S/c1-6-29-20-22-32(23-21-29)40(45(43,44)33-18-11-8-12-19-33)27-35(41)39(26-31-17-13-14-28(2)24-31)34(36(42)38-37(3,4)5)25-30-15-9-7-10-16-30/h7-24,34H,6,25-27H2,1-5H3,(H,38,42)/t34-/m0/s1. The Morgan fingerprint density at radius 3 is 1.96 bits per heavy atom. The minimum absolute atomic E-state index is 0.0777. The lowest BCUT2D eigenvalue weighted by Gasteiger charge is -2.35. The minimum Gasteiger partial charge on any atom is -0.350 e. The highest BCUT2D eigenvalue weighted by Gasteiger charge is 2.35. The van der Waals surface area contributed by atoms with E-state index in [-0.39, 0.29) is 23.8 Å². The van der Waals surface area contributed by atoms with Crippen molar-refractivity contribution in [3.05, 3.63) is 131 Å². The lowest BCUT2D eigenvalue weighted by Crippen LogP contribution is -2.56. The van der Waals surface area contributed by atoms with Gasteiger partial charge in [-0.15, -0.1) is 0 Å². The number of carbonyl (C=O) groups is 2. The average molecular weight is 626 g/mol.